The minimum atomic E-state index is -0.314. The fraction of sp³-hybridized carbons (Fsp3) is 0.333. The smallest absolute Gasteiger partial charge is 0.262 e. The summed E-state index contributed by atoms with van der Waals surface area (Å²) >= 11 is 9.24. The Bertz CT molecular complexity index is 823. The number of nitrogens with zero attached hydrogens (tertiary/aromatic N) is 1. The summed E-state index contributed by atoms with van der Waals surface area (Å²) in [4.78, 5) is 26.8. The summed E-state index contributed by atoms with van der Waals surface area (Å²) in [6.07, 6.45) is 1.81. The van der Waals surface area contributed by atoms with E-state index in [1.807, 2.05) is 18.7 Å². The monoisotopic (exact) mass is 466 g/mol. The summed E-state index contributed by atoms with van der Waals surface area (Å²) in [5, 5.41) is 3.34. The second-order valence-corrected chi connectivity index (χ2v) is 7.58. The average molecular weight is 468 g/mol. The number of nitrogens with one attached hydrogen (secondary N) is 1. The number of amides is 2. The van der Waals surface area contributed by atoms with Crippen LogP contribution in [0.15, 0.2) is 46.9 Å². The second kappa shape index (κ2) is 11.1. The Morgan fingerprint density at radius 2 is 1.82 bits per heavy atom. The highest BCUT2D eigenvalue weighted by Crippen LogP contribution is 2.27. The Morgan fingerprint density at radius 1 is 1.11 bits per heavy atom. The van der Waals surface area contributed by atoms with Gasteiger partial charge in [-0.25, -0.2) is 0 Å². The van der Waals surface area contributed by atoms with Crippen molar-refractivity contribution in [3.8, 4) is 5.75 Å². The van der Waals surface area contributed by atoms with Crippen molar-refractivity contribution in [3.05, 3.63) is 57.5 Å². The molecule has 2 rings (SSSR count). The molecule has 2 aromatic rings. The van der Waals surface area contributed by atoms with Crippen LogP contribution < -0.4 is 10.1 Å². The molecule has 0 aromatic heterocycles. The molecule has 0 aliphatic heterocycles. The maximum Gasteiger partial charge on any atom is 0.262 e. The number of halogens is 2. The van der Waals surface area contributed by atoms with E-state index < -0.39 is 0 Å². The van der Waals surface area contributed by atoms with Gasteiger partial charge in [0.1, 0.15) is 5.75 Å². The molecule has 0 saturated carbocycles. The molecule has 0 unspecified atom stereocenters. The molecule has 0 saturated heterocycles. The average Bonchev–Trinajstić information content (AvgIpc) is 2.67. The van der Waals surface area contributed by atoms with Crippen molar-refractivity contribution in [3.63, 3.8) is 0 Å². The maximum atomic E-state index is 12.7. The summed E-state index contributed by atoms with van der Waals surface area (Å²) in [6.45, 7) is 5.37. The Morgan fingerprint density at radius 3 is 2.46 bits per heavy atom. The van der Waals surface area contributed by atoms with Crippen molar-refractivity contribution in [2.75, 3.05) is 25.0 Å². The van der Waals surface area contributed by atoms with E-state index in [0.29, 0.717) is 39.6 Å². The van der Waals surface area contributed by atoms with Crippen molar-refractivity contribution < 1.29 is 14.3 Å². The predicted octanol–water partition coefficient (Wildman–Crippen LogP) is 5.38. The third-order valence-corrected chi connectivity index (χ3v) is 4.78. The van der Waals surface area contributed by atoms with Crippen LogP contribution in [0, 0.1) is 0 Å². The molecule has 150 valence electrons. The van der Waals surface area contributed by atoms with E-state index in [4.69, 9.17) is 16.3 Å². The quantitative estimate of drug-likeness (QED) is 0.538. The number of ether oxygens (including phenoxy) is 1. The lowest BCUT2D eigenvalue weighted by atomic mass is 10.1. The molecule has 0 aliphatic rings. The molecular weight excluding hydrogens is 444 g/mol. The van der Waals surface area contributed by atoms with Crippen molar-refractivity contribution in [2.45, 2.75) is 26.7 Å². The first kappa shape index (κ1) is 22.2. The zero-order chi connectivity index (χ0) is 20.5. The summed E-state index contributed by atoms with van der Waals surface area (Å²) < 4.78 is 6.19. The van der Waals surface area contributed by atoms with Crippen LogP contribution >= 0.6 is 27.5 Å². The van der Waals surface area contributed by atoms with Crippen molar-refractivity contribution >= 4 is 45.0 Å². The van der Waals surface area contributed by atoms with Gasteiger partial charge in [0.2, 0.25) is 0 Å². The molecule has 0 radical (unpaired) electrons. The Hall–Kier alpha value is -2.05. The lowest BCUT2D eigenvalue weighted by Gasteiger charge is -2.21. The van der Waals surface area contributed by atoms with Crippen LogP contribution in [-0.4, -0.2) is 36.4 Å². The van der Waals surface area contributed by atoms with Gasteiger partial charge in [-0.2, -0.15) is 0 Å². The summed E-state index contributed by atoms with van der Waals surface area (Å²) in [5.74, 6) is 0.185. The van der Waals surface area contributed by atoms with Crippen molar-refractivity contribution in [1.29, 1.82) is 0 Å². The maximum absolute atomic E-state index is 12.7. The molecule has 0 heterocycles. The second-order valence-electron chi connectivity index (χ2n) is 6.28. The number of hydrogen-bond donors (Lipinski definition) is 1. The van der Waals surface area contributed by atoms with Gasteiger partial charge >= 0.3 is 0 Å². The normalized spacial score (nSPS) is 10.4. The summed E-state index contributed by atoms with van der Waals surface area (Å²) in [7, 11) is 0. The Labute approximate surface area is 179 Å². The van der Waals surface area contributed by atoms with E-state index in [0.717, 1.165) is 12.8 Å². The SMILES string of the molecule is CCCN(CCC)C(=O)c1cccc(NC(=O)COc2ccc(Cl)cc2Br)c1. The molecule has 7 heteroatoms. The number of carbonyl (C=O) groups excluding carboxylic acids is 2. The number of carbonyl (C=O) groups is 2. The summed E-state index contributed by atoms with van der Waals surface area (Å²) in [5.41, 5.74) is 1.11. The van der Waals surface area contributed by atoms with Crippen molar-refractivity contribution in [2.24, 2.45) is 0 Å². The van der Waals surface area contributed by atoms with E-state index in [9.17, 15) is 9.59 Å². The van der Waals surface area contributed by atoms with Crippen LogP contribution in [0.1, 0.15) is 37.0 Å². The molecule has 28 heavy (non-hydrogen) atoms. The number of hydrogen-bond acceptors (Lipinski definition) is 3. The molecule has 2 aromatic carbocycles. The van der Waals surface area contributed by atoms with Crippen LogP contribution in [0.3, 0.4) is 0 Å². The third-order valence-electron chi connectivity index (χ3n) is 3.92. The molecule has 2 amide bonds. The van der Waals surface area contributed by atoms with Gasteiger partial charge in [-0.1, -0.05) is 31.5 Å². The highest BCUT2D eigenvalue weighted by Gasteiger charge is 2.15. The van der Waals surface area contributed by atoms with E-state index in [1.54, 1.807) is 42.5 Å². The van der Waals surface area contributed by atoms with Crippen LogP contribution in [0.4, 0.5) is 5.69 Å². The van der Waals surface area contributed by atoms with Gasteiger partial charge in [0, 0.05) is 29.4 Å². The largest absolute Gasteiger partial charge is 0.483 e. The summed E-state index contributed by atoms with van der Waals surface area (Å²) in [6, 6.07) is 12.0. The van der Waals surface area contributed by atoms with Crippen molar-refractivity contribution in [1.82, 2.24) is 4.90 Å². The first-order valence-electron chi connectivity index (χ1n) is 9.21. The molecule has 0 bridgehead atoms. The van der Waals surface area contributed by atoms with E-state index in [-0.39, 0.29) is 18.4 Å². The molecular formula is C21H24BrClN2O3. The fourth-order valence-corrected chi connectivity index (χ4v) is 3.50. The van der Waals surface area contributed by atoms with Crippen LogP contribution in [0.5, 0.6) is 5.75 Å². The van der Waals surface area contributed by atoms with Gasteiger partial charge < -0.3 is 15.0 Å². The number of benzene rings is 2. The van der Waals surface area contributed by atoms with E-state index in [2.05, 4.69) is 21.2 Å². The van der Waals surface area contributed by atoms with Crippen LogP contribution in [-0.2, 0) is 4.79 Å². The lowest BCUT2D eigenvalue weighted by Crippen LogP contribution is -2.32. The first-order valence-corrected chi connectivity index (χ1v) is 10.4. The molecule has 0 spiro atoms. The highest BCUT2D eigenvalue weighted by atomic mass is 79.9. The van der Waals surface area contributed by atoms with Gasteiger partial charge in [-0.3, -0.25) is 9.59 Å². The van der Waals surface area contributed by atoms with Gasteiger partial charge in [0.05, 0.1) is 4.47 Å². The predicted molar refractivity (Wildman–Crippen MR) is 116 cm³/mol. The highest BCUT2D eigenvalue weighted by molar-refractivity contribution is 9.10. The molecule has 5 nitrogen and oxygen atoms in total. The Kier molecular flexibility index (Phi) is 8.80. The van der Waals surface area contributed by atoms with Crippen LogP contribution in [0.2, 0.25) is 5.02 Å². The standard InChI is InChI=1S/C21H24BrClN2O3/c1-3-10-25(11-4-2)21(27)15-6-5-7-17(12-15)24-20(26)14-28-19-9-8-16(23)13-18(19)22/h5-9,12-13H,3-4,10-11,14H2,1-2H3,(H,24,26). The fourth-order valence-electron chi connectivity index (χ4n) is 2.70. The minimum absolute atomic E-state index is 0.0267. The molecule has 0 atom stereocenters. The van der Waals surface area contributed by atoms with E-state index in [1.165, 1.54) is 0 Å². The molecule has 0 aliphatic carbocycles. The first-order chi connectivity index (χ1) is 13.4. The van der Waals surface area contributed by atoms with Gasteiger partial charge in [0.15, 0.2) is 6.61 Å². The zero-order valence-corrected chi connectivity index (χ0v) is 18.3. The Balaban J connectivity index is 1.99. The topological polar surface area (TPSA) is 58.6 Å². The lowest BCUT2D eigenvalue weighted by molar-refractivity contribution is -0.118. The van der Waals surface area contributed by atoms with Gasteiger partial charge in [-0.15, -0.1) is 0 Å². The third kappa shape index (κ3) is 6.53. The van der Waals surface area contributed by atoms with Gasteiger partial charge in [0.25, 0.3) is 11.8 Å². The minimum Gasteiger partial charge on any atom is -0.483 e. The number of rotatable bonds is 9. The van der Waals surface area contributed by atoms with Gasteiger partial charge in [-0.05, 0) is 65.2 Å². The zero-order valence-electron chi connectivity index (χ0n) is 16.0. The van der Waals surface area contributed by atoms with Crippen LogP contribution in [0.25, 0.3) is 0 Å². The number of anilines is 1. The molecule has 0 fully saturated rings. The van der Waals surface area contributed by atoms with E-state index >= 15 is 0 Å². The molecule has 1 N–H and O–H groups in total.